The quantitative estimate of drug-likeness (QED) is 0.327. The Balaban J connectivity index is 2.77. The van der Waals surface area contributed by atoms with Crippen LogP contribution in [0.15, 0.2) is 35.4 Å². The summed E-state index contributed by atoms with van der Waals surface area (Å²) < 4.78 is 0. The first kappa shape index (κ1) is 10.4. The number of hydrogen-bond acceptors (Lipinski definition) is 2. The molecule has 0 aliphatic rings. The first-order chi connectivity index (χ1) is 7.72. The Morgan fingerprint density at radius 1 is 1.44 bits per heavy atom. The van der Waals surface area contributed by atoms with E-state index in [1.165, 1.54) is 6.07 Å². The zero-order valence-corrected chi connectivity index (χ0v) is 8.72. The van der Waals surface area contributed by atoms with Crippen LogP contribution in [0.2, 0.25) is 5.15 Å². The summed E-state index contributed by atoms with van der Waals surface area (Å²) in [4.78, 5) is 18.0. The van der Waals surface area contributed by atoms with Gasteiger partial charge in [-0.25, -0.2) is 4.98 Å². The van der Waals surface area contributed by atoms with Crippen LogP contribution in [0.3, 0.4) is 0 Å². The predicted octanol–water partition coefficient (Wildman–Crippen LogP) is 3.34. The van der Waals surface area contributed by atoms with Gasteiger partial charge in [-0.2, -0.15) is 0 Å². The molecule has 2 rings (SSSR count). The van der Waals surface area contributed by atoms with E-state index >= 15 is 0 Å². The number of para-hydroxylation sites is 1. The zero-order valence-electron chi connectivity index (χ0n) is 7.96. The van der Waals surface area contributed by atoms with E-state index in [-0.39, 0.29) is 10.7 Å². The van der Waals surface area contributed by atoms with E-state index in [1.807, 2.05) is 0 Å². The summed E-state index contributed by atoms with van der Waals surface area (Å²) in [5.41, 5.74) is 9.08. The van der Waals surface area contributed by atoms with E-state index < -0.39 is 5.91 Å². The first-order valence-corrected chi connectivity index (χ1v) is 4.75. The van der Waals surface area contributed by atoms with Crippen molar-refractivity contribution < 1.29 is 4.79 Å². The molecule has 1 heterocycles. The molecule has 0 bridgehead atoms. The summed E-state index contributed by atoms with van der Waals surface area (Å²) in [6, 6.07) is 8.39. The van der Waals surface area contributed by atoms with E-state index in [0.29, 0.717) is 10.9 Å². The average molecular weight is 233 g/mol. The van der Waals surface area contributed by atoms with Gasteiger partial charge in [0.25, 0.3) is 0 Å². The third kappa shape index (κ3) is 1.82. The summed E-state index contributed by atoms with van der Waals surface area (Å²) in [6.07, 6.45) is 0. The highest BCUT2D eigenvalue weighted by Gasteiger charge is 2.10. The number of carbonyl (C=O) groups excluding carboxylic acids is 1. The molecule has 0 aliphatic carbocycles. The lowest BCUT2D eigenvalue weighted by Gasteiger charge is -2.02. The van der Waals surface area contributed by atoms with Crippen LogP contribution in [-0.2, 0) is 0 Å². The lowest BCUT2D eigenvalue weighted by molar-refractivity contribution is 0.100. The number of nitrogens with zero attached hydrogens (tertiary/aromatic N) is 4. The third-order valence-electron chi connectivity index (χ3n) is 2.05. The fraction of sp³-hybridized carbons (Fsp3) is 0. The molecule has 16 heavy (non-hydrogen) atoms. The van der Waals surface area contributed by atoms with Crippen molar-refractivity contribution in [3.63, 3.8) is 0 Å². The molecule has 0 aliphatic heterocycles. The van der Waals surface area contributed by atoms with Crippen molar-refractivity contribution in [3.05, 3.63) is 51.5 Å². The summed E-state index contributed by atoms with van der Waals surface area (Å²) >= 11 is 5.77. The summed E-state index contributed by atoms with van der Waals surface area (Å²) in [5.74, 6) is -0.664. The lowest BCUT2D eigenvalue weighted by atomic mass is 10.1. The normalized spacial score (nSPS) is 9.81. The van der Waals surface area contributed by atoms with Gasteiger partial charge in [-0.3, -0.25) is 4.79 Å². The molecule has 5 nitrogen and oxygen atoms in total. The predicted molar refractivity (Wildman–Crippen MR) is 60.2 cm³/mol. The van der Waals surface area contributed by atoms with Gasteiger partial charge in [0.2, 0.25) is 5.91 Å². The van der Waals surface area contributed by atoms with E-state index in [0.717, 1.165) is 0 Å². The third-order valence-corrected chi connectivity index (χ3v) is 2.24. The number of benzene rings is 1. The summed E-state index contributed by atoms with van der Waals surface area (Å²) in [7, 11) is 0. The fourth-order valence-electron chi connectivity index (χ4n) is 1.41. The second-order valence-electron chi connectivity index (χ2n) is 3.00. The smallest absolute Gasteiger partial charge is 0.249 e. The highest BCUT2D eigenvalue weighted by Crippen LogP contribution is 2.21. The number of pyridine rings is 1. The van der Waals surface area contributed by atoms with Crippen LogP contribution >= 0.6 is 11.6 Å². The maximum absolute atomic E-state index is 11.5. The molecule has 0 saturated carbocycles. The maximum Gasteiger partial charge on any atom is 0.249 e. The Kier molecular flexibility index (Phi) is 2.72. The Morgan fingerprint density at radius 3 is 2.94 bits per heavy atom. The Morgan fingerprint density at radius 2 is 2.19 bits per heavy atom. The molecule has 0 fully saturated rings. The molecule has 0 unspecified atom stereocenters. The van der Waals surface area contributed by atoms with Crippen molar-refractivity contribution >= 4 is 28.4 Å². The molecule has 0 saturated heterocycles. The molecule has 2 aromatic rings. The number of rotatable bonds is 1. The first-order valence-electron chi connectivity index (χ1n) is 4.37. The fourth-order valence-corrected chi connectivity index (χ4v) is 1.61. The van der Waals surface area contributed by atoms with E-state index in [2.05, 4.69) is 15.0 Å². The number of aromatic nitrogens is 1. The molecule has 1 aromatic heterocycles. The van der Waals surface area contributed by atoms with Crippen molar-refractivity contribution in [1.82, 2.24) is 4.98 Å². The van der Waals surface area contributed by atoms with Gasteiger partial charge in [0.05, 0.1) is 5.52 Å². The topological polar surface area (TPSA) is 78.7 Å². The van der Waals surface area contributed by atoms with Gasteiger partial charge >= 0.3 is 0 Å². The highest BCUT2D eigenvalue weighted by atomic mass is 35.5. The van der Waals surface area contributed by atoms with E-state index in [9.17, 15) is 4.79 Å². The summed E-state index contributed by atoms with van der Waals surface area (Å²) in [6.45, 7) is 0. The Bertz CT molecular complexity index is 619. The van der Waals surface area contributed by atoms with E-state index in [4.69, 9.17) is 17.1 Å². The van der Waals surface area contributed by atoms with Crippen LogP contribution in [0.5, 0.6) is 0 Å². The van der Waals surface area contributed by atoms with Gasteiger partial charge in [-0.15, -0.1) is 0 Å². The van der Waals surface area contributed by atoms with Gasteiger partial charge in [0.15, 0.2) is 0 Å². The average Bonchev–Trinajstić information content (AvgIpc) is 2.28. The molecule has 6 heteroatoms. The van der Waals surface area contributed by atoms with Gasteiger partial charge in [0, 0.05) is 15.9 Å². The number of amides is 1. The molecule has 0 atom stereocenters. The van der Waals surface area contributed by atoms with Gasteiger partial charge in [0.1, 0.15) is 5.15 Å². The second-order valence-corrected chi connectivity index (χ2v) is 3.39. The molecule has 1 amide bonds. The second kappa shape index (κ2) is 4.18. The van der Waals surface area contributed by atoms with Crippen LogP contribution in [-0.4, -0.2) is 10.9 Å². The molecule has 78 valence electrons. The number of hydrogen-bond donors (Lipinski definition) is 0. The van der Waals surface area contributed by atoms with Crippen molar-refractivity contribution in [2.24, 2.45) is 5.11 Å². The standard InChI is InChI=1S/C10H5ClN4O/c11-9-5-7(10(16)14-15-12)6-3-1-2-4-8(6)13-9/h1-5H. The van der Waals surface area contributed by atoms with Crippen LogP contribution in [0, 0.1) is 0 Å². The van der Waals surface area contributed by atoms with Gasteiger partial charge < -0.3 is 0 Å². The van der Waals surface area contributed by atoms with Crippen molar-refractivity contribution in [3.8, 4) is 0 Å². The zero-order chi connectivity index (χ0) is 11.5. The van der Waals surface area contributed by atoms with Crippen molar-refractivity contribution in [2.75, 3.05) is 0 Å². The molecular formula is C10H5ClN4O. The van der Waals surface area contributed by atoms with Crippen molar-refractivity contribution in [2.45, 2.75) is 0 Å². The Labute approximate surface area is 95.3 Å². The minimum absolute atomic E-state index is 0.190. The minimum atomic E-state index is -0.664. The molecule has 1 aromatic carbocycles. The SMILES string of the molecule is [N-]=[N+]=NC(=O)c1cc(Cl)nc2ccccc12. The number of halogens is 1. The summed E-state index contributed by atoms with van der Waals surface area (Å²) in [5, 5.41) is 3.85. The van der Waals surface area contributed by atoms with Crippen LogP contribution in [0.4, 0.5) is 0 Å². The molecule has 0 spiro atoms. The number of carbonyl (C=O) groups is 1. The monoisotopic (exact) mass is 232 g/mol. The van der Waals surface area contributed by atoms with E-state index in [1.54, 1.807) is 24.3 Å². The maximum atomic E-state index is 11.5. The molecule has 0 N–H and O–H groups in total. The molecule has 0 radical (unpaired) electrons. The lowest BCUT2D eigenvalue weighted by Crippen LogP contribution is -1.96. The van der Waals surface area contributed by atoms with Crippen molar-refractivity contribution in [1.29, 1.82) is 0 Å². The highest BCUT2D eigenvalue weighted by molar-refractivity contribution is 6.30. The van der Waals surface area contributed by atoms with Crippen LogP contribution in [0.1, 0.15) is 10.4 Å². The van der Waals surface area contributed by atoms with Gasteiger partial charge in [-0.1, -0.05) is 29.8 Å². The Hall–Kier alpha value is -2.10. The van der Waals surface area contributed by atoms with Gasteiger partial charge in [-0.05, 0) is 22.8 Å². The largest absolute Gasteiger partial charge is 0.287 e. The number of fused-ring (bicyclic) bond motifs is 1. The van der Waals surface area contributed by atoms with Crippen LogP contribution < -0.4 is 0 Å². The van der Waals surface area contributed by atoms with Crippen LogP contribution in [0.25, 0.3) is 21.3 Å². The minimum Gasteiger partial charge on any atom is -0.287 e. The number of azide groups is 1. The molecular weight excluding hydrogens is 228 g/mol.